The van der Waals surface area contributed by atoms with Crippen LogP contribution in [0, 0.1) is 5.92 Å². The Labute approximate surface area is 185 Å². The number of carbonyl (C=O) groups excluding carboxylic acids is 2. The molecular weight excluding hydrogens is 380 g/mol. The molecule has 0 aromatic heterocycles. The predicted octanol–water partition coefficient (Wildman–Crippen LogP) is 6.62. The molecule has 0 aromatic rings. The maximum Gasteiger partial charge on any atom is 0.306 e. The quantitative estimate of drug-likeness (QED) is 0.143. The van der Waals surface area contributed by atoms with Gasteiger partial charge in [-0.15, -0.1) is 0 Å². The Kier molecular flexibility index (Phi) is 21.8. The summed E-state index contributed by atoms with van der Waals surface area (Å²) in [6.45, 7) is 5.95. The molecule has 178 valence electrons. The van der Waals surface area contributed by atoms with Crippen LogP contribution in [0.4, 0.5) is 0 Å². The first-order valence-corrected chi connectivity index (χ1v) is 12.4. The zero-order valence-corrected chi connectivity index (χ0v) is 20.1. The second-order valence-electron chi connectivity index (χ2n) is 8.38. The molecule has 0 spiro atoms. The Balaban J connectivity index is 3.60. The molecule has 5 nitrogen and oxygen atoms in total. The van der Waals surface area contributed by atoms with Gasteiger partial charge in [0.05, 0.1) is 26.1 Å². The molecule has 0 heterocycles. The Bertz CT molecular complexity index is 389. The molecule has 1 unspecified atom stereocenters. The summed E-state index contributed by atoms with van der Waals surface area (Å²) < 4.78 is 15.7. The lowest BCUT2D eigenvalue weighted by molar-refractivity contribution is -0.151. The molecule has 0 saturated carbocycles. The van der Waals surface area contributed by atoms with Crippen molar-refractivity contribution in [1.29, 1.82) is 0 Å². The number of esters is 2. The van der Waals surface area contributed by atoms with Crippen molar-refractivity contribution in [3.63, 3.8) is 0 Å². The van der Waals surface area contributed by atoms with E-state index in [1.54, 1.807) is 7.11 Å². The van der Waals surface area contributed by atoms with E-state index in [4.69, 9.17) is 14.2 Å². The second-order valence-corrected chi connectivity index (χ2v) is 8.38. The molecule has 0 fully saturated rings. The summed E-state index contributed by atoms with van der Waals surface area (Å²) in [5.74, 6) is -0.285. The molecular formula is C25H48O5. The third kappa shape index (κ3) is 20.2. The van der Waals surface area contributed by atoms with Crippen molar-refractivity contribution in [2.24, 2.45) is 5.92 Å². The van der Waals surface area contributed by atoms with Crippen molar-refractivity contribution in [2.45, 2.75) is 117 Å². The van der Waals surface area contributed by atoms with Gasteiger partial charge in [0.15, 0.2) is 0 Å². The number of hydrogen-bond donors (Lipinski definition) is 0. The molecule has 0 saturated heterocycles. The molecule has 5 heteroatoms. The van der Waals surface area contributed by atoms with Crippen LogP contribution < -0.4 is 0 Å². The molecule has 1 atom stereocenters. The first-order chi connectivity index (χ1) is 14.6. The fraction of sp³-hybridized carbons (Fsp3) is 0.920. The summed E-state index contributed by atoms with van der Waals surface area (Å²) in [6, 6.07) is 0. The number of hydrogen-bond acceptors (Lipinski definition) is 5. The zero-order chi connectivity index (χ0) is 22.3. The van der Waals surface area contributed by atoms with Gasteiger partial charge in [0.1, 0.15) is 0 Å². The molecule has 0 aliphatic heterocycles. The fourth-order valence-electron chi connectivity index (χ4n) is 3.42. The highest BCUT2D eigenvalue weighted by atomic mass is 16.5. The smallest absolute Gasteiger partial charge is 0.306 e. The second kappa shape index (κ2) is 22.6. The van der Waals surface area contributed by atoms with E-state index >= 15 is 0 Å². The first kappa shape index (κ1) is 28.9. The molecule has 0 aliphatic rings. The van der Waals surface area contributed by atoms with Gasteiger partial charge in [0.25, 0.3) is 0 Å². The number of unbranched alkanes of at least 4 members (excludes halogenated alkanes) is 10. The van der Waals surface area contributed by atoms with Crippen LogP contribution >= 0.6 is 0 Å². The maximum absolute atomic E-state index is 11.9. The van der Waals surface area contributed by atoms with E-state index in [2.05, 4.69) is 13.8 Å². The first-order valence-electron chi connectivity index (χ1n) is 12.4. The lowest BCUT2D eigenvalue weighted by atomic mass is 10.00. The van der Waals surface area contributed by atoms with Crippen LogP contribution in [-0.2, 0) is 23.8 Å². The van der Waals surface area contributed by atoms with Crippen LogP contribution in [0.2, 0.25) is 0 Å². The average molecular weight is 429 g/mol. The van der Waals surface area contributed by atoms with E-state index in [9.17, 15) is 9.59 Å². The number of rotatable bonds is 22. The maximum atomic E-state index is 11.9. The molecule has 0 bridgehead atoms. The van der Waals surface area contributed by atoms with E-state index in [-0.39, 0.29) is 24.8 Å². The minimum Gasteiger partial charge on any atom is -0.466 e. The Morgan fingerprint density at radius 3 is 1.73 bits per heavy atom. The monoisotopic (exact) mass is 428 g/mol. The number of methoxy groups -OCH3 is 1. The van der Waals surface area contributed by atoms with Gasteiger partial charge >= 0.3 is 11.9 Å². The third-order valence-electron chi connectivity index (χ3n) is 5.47. The van der Waals surface area contributed by atoms with Crippen molar-refractivity contribution in [1.82, 2.24) is 0 Å². The molecule has 0 amide bonds. The largest absolute Gasteiger partial charge is 0.466 e. The van der Waals surface area contributed by atoms with Crippen LogP contribution in [0.25, 0.3) is 0 Å². The molecule has 0 N–H and O–H groups in total. The number of carbonyl (C=O) groups is 2. The summed E-state index contributed by atoms with van der Waals surface area (Å²) in [6.07, 6.45) is 16.9. The molecule has 30 heavy (non-hydrogen) atoms. The zero-order valence-electron chi connectivity index (χ0n) is 20.1. The molecule has 0 aliphatic carbocycles. The van der Waals surface area contributed by atoms with Crippen molar-refractivity contribution >= 4 is 11.9 Å². The van der Waals surface area contributed by atoms with Gasteiger partial charge in [0.2, 0.25) is 0 Å². The van der Waals surface area contributed by atoms with E-state index in [1.807, 2.05) is 0 Å². The highest BCUT2D eigenvalue weighted by molar-refractivity contribution is 5.77. The lowest BCUT2D eigenvalue weighted by Gasteiger charge is -2.16. The van der Waals surface area contributed by atoms with E-state index in [1.165, 1.54) is 51.4 Å². The van der Waals surface area contributed by atoms with Gasteiger partial charge in [-0.25, -0.2) is 0 Å². The van der Waals surface area contributed by atoms with Crippen LogP contribution in [-0.4, -0.2) is 38.9 Å². The number of ether oxygens (including phenoxy) is 3. The fourth-order valence-corrected chi connectivity index (χ4v) is 3.42. The van der Waals surface area contributed by atoms with Crippen molar-refractivity contribution in [3.05, 3.63) is 0 Å². The topological polar surface area (TPSA) is 61.8 Å². The molecule has 0 aromatic carbocycles. The molecule has 0 rings (SSSR count). The van der Waals surface area contributed by atoms with E-state index in [0.29, 0.717) is 25.7 Å². The van der Waals surface area contributed by atoms with Crippen molar-refractivity contribution < 1.29 is 23.8 Å². The van der Waals surface area contributed by atoms with E-state index in [0.717, 1.165) is 38.5 Å². The Morgan fingerprint density at radius 1 is 0.633 bits per heavy atom. The van der Waals surface area contributed by atoms with Crippen LogP contribution in [0.1, 0.15) is 117 Å². The van der Waals surface area contributed by atoms with Gasteiger partial charge in [-0.05, 0) is 25.2 Å². The van der Waals surface area contributed by atoms with Crippen LogP contribution in [0.5, 0.6) is 0 Å². The molecule has 0 radical (unpaired) electrons. The summed E-state index contributed by atoms with van der Waals surface area (Å²) in [5, 5.41) is 0. The summed E-state index contributed by atoms with van der Waals surface area (Å²) in [4.78, 5) is 23.7. The van der Waals surface area contributed by atoms with Crippen molar-refractivity contribution in [2.75, 3.05) is 26.9 Å². The highest BCUT2D eigenvalue weighted by Crippen LogP contribution is 2.14. The predicted molar refractivity (Wildman–Crippen MR) is 123 cm³/mol. The average Bonchev–Trinajstić information content (AvgIpc) is 2.75. The third-order valence-corrected chi connectivity index (χ3v) is 5.47. The van der Waals surface area contributed by atoms with Gasteiger partial charge in [-0.2, -0.15) is 0 Å². The van der Waals surface area contributed by atoms with Gasteiger partial charge in [-0.3, -0.25) is 9.59 Å². The highest BCUT2D eigenvalue weighted by Gasteiger charge is 2.13. The van der Waals surface area contributed by atoms with Gasteiger partial charge in [-0.1, -0.05) is 84.5 Å². The summed E-state index contributed by atoms with van der Waals surface area (Å²) >= 11 is 0. The lowest BCUT2D eigenvalue weighted by Crippen LogP contribution is -2.17. The van der Waals surface area contributed by atoms with Gasteiger partial charge < -0.3 is 14.2 Å². The van der Waals surface area contributed by atoms with E-state index < -0.39 is 0 Å². The van der Waals surface area contributed by atoms with Crippen LogP contribution in [0.3, 0.4) is 0 Å². The Hall–Kier alpha value is -1.10. The normalized spacial score (nSPS) is 12.0. The minimum atomic E-state index is -0.315. The summed E-state index contributed by atoms with van der Waals surface area (Å²) in [7, 11) is 1.68. The van der Waals surface area contributed by atoms with Crippen molar-refractivity contribution in [3.8, 4) is 0 Å². The summed E-state index contributed by atoms with van der Waals surface area (Å²) in [5.41, 5.74) is 0. The SMILES string of the molecule is CCCCCCCCCCCCOC(=O)CCC(=O)OCC(CCCC)CCOC. The minimum absolute atomic E-state index is 0.0988. The van der Waals surface area contributed by atoms with Gasteiger partial charge in [0, 0.05) is 13.7 Å². The standard InChI is InChI=1S/C25H48O5/c1-4-6-8-9-10-11-12-13-14-15-20-29-24(26)17-18-25(27)30-22-23(16-7-5-2)19-21-28-3/h23H,4-22H2,1-3H3. The Morgan fingerprint density at radius 2 is 1.17 bits per heavy atom. The van der Waals surface area contributed by atoms with Crippen LogP contribution in [0.15, 0.2) is 0 Å².